The number of rotatable bonds is 4. The monoisotopic (exact) mass is 519 g/mol. The Bertz CT molecular complexity index is 1630. The molecular weight excluding hydrogens is 486 g/mol. The van der Waals surface area contributed by atoms with E-state index in [0.29, 0.717) is 0 Å². The summed E-state index contributed by atoms with van der Waals surface area (Å²) in [4.78, 5) is 24.4. The lowest BCUT2D eigenvalue weighted by Gasteiger charge is -2.34. The zero-order valence-electron chi connectivity index (χ0n) is 22.6. The van der Waals surface area contributed by atoms with Crippen LogP contribution in [0.1, 0.15) is 33.6 Å². The summed E-state index contributed by atoms with van der Waals surface area (Å²) in [5.41, 5.74) is 5.86. The Kier molecular flexibility index (Phi) is 6.43. The highest BCUT2D eigenvalue weighted by molar-refractivity contribution is 5.92. The number of nitrogens with zero attached hydrogens (tertiary/aromatic N) is 4. The summed E-state index contributed by atoms with van der Waals surface area (Å²) in [7, 11) is 0. The molecule has 1 saturated heterocycles. The number of nitrogens with one attached hydrogen (secondary N) is 1. The van der Waals surface area contributed by atoms with E-state index in [1.54, 1.807) is 0 Å². The van der Waals surface area contributed by atoms with Gasteiger partial charge in [0, 0.05) is 24.5 Å². The molecule has 0 aliphatic carbocycles. The molecule has 1 fully saturated rings. The molecule has 1 amide bonds. The Hall–Kier alpha value is -4.39. The number of benzene rings is 3. The van der Waals surface area contributed by atoms with Gasteiger partial charge in [-0.1, -0.05) is 48.5 Å². The quantitative estimate of drug-likeness (QED) is 0.285. The number of carbonyl (C=O) groups excluding carboxylic acids is 1. The van der Waals surface area contributed by atoms with Gasteiger partial charge in [-0.2, -0.15) is 0 Å². The van der Waals surface area contributed by atoms with Gasteiger partial charge in [0.2, 0.25) is 0 Å². The van der Waals surface area contributed by atoms with E-state index >= 15 is 0 Å². The number of alkyl carbamates (subject to hydrolysis) is 1. The van der Waals surface area contributed by atoms with Crippen LogP contribution in [0.4, 0.5) is 10.5 Å². The summed E-state index contributed by atoms with van der Waals surface area (Å²) in [6.45, 7) is 7.31. The highest BCUT2D eigenvalue weighted by atomic mass is 16.6. The molecule has 3 heterocycles. The van der Waals surface area contributed by atoms with Crippen LogP contribution in [0.5, 0.6) is 0 Å². The highest BCUT2D eigenvalue weighted by Gasteiger charge is 2.25. The number of carbonyl (C=O) groups is 1. The van der Waals surface area contributed by atoms with Gasteiger partial charge in [0.25, 0.3) is 0 Å². The van der Waals surface area contributed by atoms with Crippen molar-refractivity contribution < 1.29 is 9.53 Å². The van der Waals surface area contributed by atoms with E-state index in [0.717, 1.165) is 64.9 Å². The Morgan fingerprint density at radius 3 is 2.49 bits per heavy atom. The van der Waals surface area contributed by atoms with E-state index in [4.69, 9.17) is 14.7 Å². The molecule has 0 radical (unpaired) electrons. The number of pyridine rings is 1. The predicted octanol–water partition coefficient (Wildman–Crippen LogP) is 6.73. The van der Waals surface area contributed by atoms with Gasteiger partial charge in [-0.3, -0.25) is 4.57 Å². The van der Waals surface area contributed by atoms with Crippen molar-refractivity contribution in [2.75, 3.05) is 18.0 Å². The van der Waals surface area contributed by atoms with Crippen molar-refractivity contribution in [3.8, 4) is 16.9 Å². The molecule has 3 aromatic carbocycles. The molecule has 1 aliphatic heterocycles. The summed E-state index contributed by atoms with van der Waals surface area (Å²) >= 11 is 0. The van der Waals surface area contributed by atoms with Crippen molar-refractivity contribution >= 4 is 33.7 Å². The smallest absolute Gasteiger partial charge is 0.407 e. The van der Waals surface area contributed by atoms with E-state index in [1.165, 1.54) is 5.56 Å². The minimum atomic E-state index is -0.498. The number of anilines is 1. The number of amides is 1. The zero-order chi connectivity index (χ0) is 27.0. The van der Waals surface area contributed by atoms with Crippen LogP contribution in [0.2, 0.25) is 0 Å². The lowest BCUT2D eigenvalue weighted by atomic mass is 10.0. The summed E-state index contributed by atoms with van der Waals surface area (Å²) < 4.78 is 7.49. The highest BCUT2D eigenvalue weighted by Crippen LogP contribution is 2.30. The molecule has 0 bridgehead atoms. The molecule has 5 aromatic rings. The van der Waals surface area contributed by atoms with Crippen LogP contribution in [0.25, 0.3) is 38.9 Å². The van der Waals surface area contributed by atoms with Crippen molar-refractivity contribution in [1.29, 1.82) is 0 Å². The third-order valence-electron chi connectivity index (χ3n) is 7.14. The first-order valence-electron chi connectivity index (χ1n) is 13.5. The van der Waals surface area contributed by atoms with Crippen LogP contribution in [-0.4, -0.2) is 45.4 Å². The maximum Gasteiger partial charge on any atom is 0.407 e. The lowest BCUT2D eigenvalue weighted by molar-refractivity contribution is 0.0497. The van der Waals surface area contributed by atoms with Gasteiger partial charge in [-0.05, 0) is 75.1 Å². The Morgan fingerprint density at radius 1 is 0.923 bits per heavy atom. The fourth-order valence-electron chi connectivity index (χ4n) is 5.25. The van der Waals surface area contributed by atoms with Gasteiger partial charge in [-0.25, -0.2) is 14.8 Å². The number of imidazole rings is 1. The molecule has 0 atom stereocenters. The van der Waals surface area contributed by atoms with Crippen molar-refractivity contribution in [1.82, 2.24) is 19.9 Å². The Balaban J connectivity index is 1.24. The summed E-state index contributed by atoms with van der Waals surface area (Å²) in [6.07, 6.45) is 3.21. The molecule has 7 heteroatoms. The van der Waals surface area contributed by atoms with Crippen LogP contribution in [0.3, 0.4) is 0 Å². The standard InChI is InChI=1S/C32H33N5O2/c1-32(2,3)39-31(38)34-25-16-18-36(19-17-25)28-11-7-10-23-13-15-29(35-30(23)28)37-21-33-26-20-24(12-14-27(26)37)22-8-5-4-6-9-22/h4-15,20-21,25H,16-19H2,1-3H3,(H,34,38). The molecule has 0 saturated carbocycles. The molecule has 39 heavy (non-hydrogen) atoms. The number of fused-ring (bicyclic) bond motifs is 2. The van der Waals surface area contributed by atoms with Gasteiger partial charge in [-0.15, -0.1) is 0 Å². The van der Waals surface area contributed by atoms with Gasteiger partial charge in [0.15, 0.2) is 0 Å². The van der Waals surface area contributed by atoms with E-state index in [2.05, 4.69) is 87.6 Å². The van der Waals surface area contributed by atoms with Gasteiger partial charge in [0.05, 0.1) is 22.2 Å². The van der Waals surface area contributed by atoms with E-state index < -0.39 is 5.60 Å². The maximum absolute atomic E-state index is 12.2. The number of ether oxygens (including phenoxy) is 1. The first-order chi connectivity index (χ1) is 18.8. The second-order valence-corrected chi connectivity index (χ2v) is 11.1. The second kappa shape index (κ2) is 10.1. The molecule has 2 aromatic heterocycles. The molecule has 1 N–H and O–H groups in total. The van der Waals surface area contributed by atoms with E-state index in [9.17, 15) is 4.79 Å². The molecule has 6 rings (SSSR count). The molecule has 0 unspecified atom stereocenters. The van der Waals surface area contributed by atoms with Crippen LogP contribution in [0.15, 0.2) is 85.2 Å². The SMILES string of the molecule is CC(C)(C)OC(=O)NC1CCN(c2cccc3ccc(-n4cnc5cc(-c6ccccc6)ccc54)nc23)CC1. The largest absolute Gasteiger partial charge is 0.444 e. The number of para-hydroxylation sites is 1. The molecular formula is C32H33N5O2. The van der Waals surface area contributed by atoms with Gasteiger partial charge < -0.3 is 15.0 Å². The van der Waals surface area contributed by atoms with Crippen LogP contribution in [-0.2, 0) is 4.74 Å². The van der Waals surface area contributed by atoms with Crippen LogP contribution < -0.4 is 10.2 Å². The van der Waals surface area contributed by atoms with E-state index in [1.807, 2.05) is 33.2 Å². The summed E-state index contributed by atoms with van der Waals surface area (Å²) in [6, 6.07) is 27.3. The number of hydrogen-bond acceptors (Lipinski definition) is 5. The fraction of sp³-hybridized carbons (Fsp3) is 0.281. The Morgan fingerprint density at radius 2 is 1.72 bits per heavy atom. The summed E-state index contributed by atoms with van der Waals surface area (Å²) in [5, 5.41) is 4.13. The molecule has 7 nitrogen and oxygen atoms in total. The molecule has 198 valence electrons. The first kappa shape index (κ1) is 24.9. The average Bonchev–Trinajstić information content (AvgIpc) is 3.36. The minimum absolute atomic E-state index is 0.104. The van der Waals surface area contributed by atoms with Crippen molar-refractivity contribution in [2.45, 2.75) is 45.3 Å². The predicted molar refractivity (Wildman–Crippen MR) is 156 cm³/mol. The third-order valence-corrected chi connectivity index (χ3v) is 7.14. The molecule has 0 spiro atoms. The zero-order valence-corrected chi connectivity index (χ0v) is 22.6. The Labute approximate surface area is 228 Å². The normalized spacial score (nSPS) is 14.6. The van der Waals surface area contributed by atoms with Gasteiger partial charge in [0.1, 0.15) is 17.7 Å². The van der Waals surface area contributed by atoms with Crippen molar-refractivity contribution in [2.24, 2.45) is 0 Å². The summed E-state index contributed by atoms with van der Waals surface area (Å²) in [5.74, 6) is 0.839. The minimum Gasteiger partial charge on any atom is -0.444 e. The average molecular weight is 520 g/mol. The van der Waals surface area contributed by atoms with Gasteiger partial charge >= 0.3 is 6.09 Å². The lowest BCUT2D eigenvalue weighted by Crippen LogP contribution is -2.46. The second-order valence-electron chi connectivity index (χ2n) is 11.1. The number of piperidine rings is 1. The number of hydrogen-bond donors (Lipinski definition) is 1. The topological polar surface area (TPSA) is 72.3 Å². The maximum atomic E-state index is 12.2. The van der Waals surface area contributed by atoms with E-state index in [-0.39, 0.29) is 12.1 Å². The van der Waals surface area contributed by atoms with Crippen LogP contribution >= 0.6 is 0 Å². The molecule has 1 aliphatic rings. The number of aromatic nitrogens is 3. The van der Waals surface area contributed by atoms with Crippen molar-refractivity contribution in [3.05, 3.63) is 85.2 Å². The fourth-order valence-corrected chi connectivity index (χ4v) is 5.25. The van der Waals surface area contributed by atoms with Crippen molar-refractivity contribution in [3.63, 3.8) is 0 Å². The first-order valence-corrected chi connectivity index (χ1v) is 13.5. The van der Waals surface area contributed by atoms with Crippen LogP contribution in [0, 0.1) is 0 Å². The third kappa shape index (κ3) is 5.30.